The normalized spacial score (nSPS) is 12.2. The van der Waals surface area contributed by atoms with E-state index in [1.54, 1.807) is 0 Å². The van der Waals surface area contributed by atoms with Crippen molar-refractivity contribution in [2.24, 2.45) is 17.4 Å². The molecule has 1 unspecified atom stereocenters. The average Bonchev–Trinajstić information content (AvgIpc) is 2.26. The molecule has 1 aromatic rings. The molecule has 1 rings (SSSR count). The predicted octanol–water partition coefficient (Wildman–Crippen LogP) is -0.315. The van der Waals surface area contributed by atoms with Crippen LogP contribution in [0.5, 0.6) is 0 Å². The number of rotatable bonds is 5. The lowest BCUT2D eigenvalue weighted by Crippen LogP contribution is -2.39. The fourth-order valence-corrected chi connectivity index (χ4v) is 1.48. The van der Waals surface area contributed by atoms with Crippen LogP contribution in [0.1, 0.15) is 24.2 Å². The minimum Gasteiger partial charge on any atom is -0.397 e. The quantitative estimate of drug-likeness (QED) is 0.568. The zero-order valence-electron chi connectivity index (χ0n) is 10.3. The molecule has 7 heteroatoms. The lowest BCUT2D eigenvalue weighted by atomic mass is 10.0. The number of hydrogen-bond acceptors (Lipinski definition) is 5. The second-order valence-corrected chi connectivity index (χ2v) is 4.29. The molecule has 0 aromatic carbocycles. The van der Waals surface area contributed by atoms with Gasteiger partial charge in [0.25, 0.3) is 5.91 Å². The van der Waals surface area contributed by atoms with Crippen LogP contribution in [0.4, 0.5) is 11.5 Å². The Morgan fingerprint density at radius 1 is 1.33 bits per heavy atom. The first-order valence-electron chi connectivity index (χ1n) is 5.44. The van der Waals surface area contributed by atoms with Crippen LogP contribution in [0.2, 0.25) is 0 Å². The van der Waals surface area contributed by atoms with E-state index in [2.05, 4.69) is 10.3 Å². The summed E-state index contributed by atoms with van der Waals surface area (Å²) in [6.07, 6.45) is 1.31. The van der Waals surface area contributed by atoms with Gasteiger partial charge in [0.1, 0.15) is 11.9 Å². The third-order valence-corrected chi connectivity index (χ3v) is 2.48. The lowest BCUT2D eigenvalue weighted by molar-refractivity contribution is -0.119. The van der Waals surface area contributed by atoms with E-state index in [0.717, 1.165) is 0 Å². The van der Waals surface area contributed by atoms with E-state index < -0.39 is 17.9 Å². The molecule has 0 radical (unpaired) electrons. The van der Waals surface area contributed by atoms with Crippen LogP contribution in [0.15, 0.2) is 12.3 Å². The predicted molar refractivity (Wildman–Crippen MR) is 68.6 cm³/mol. The molecule has 7 nitrogen and oxygen atoms in total. The minimum absolute atomic E-state index is 0.0149. The standard InChI is InChI=1S/C11H17N5O2/c1-5(2)9(11(14)18)16-8-3-6(10(13)17)7(12)4-15-8/h3-5,9H,12H2,1-2H3,(H2,13,17)(H2,14,18)(H,15,16). The number of pyridine rings is 1. The van der Waals surface area contributed by atoms with Crippen molar-refractivity contribution < 1.29 is 9.59 Å². The molecule has 0 aliphatic carbocycles. The largest absolute Gasteiger partial charge is 0.397 e. The number of hydrogen-bond donors (Lipinski definition) is 4. The third-order valence-electron chi connectivity index (χ3n) is 2.48. The zero-order chi connectivity index (χ0) is 13.9. The second kappa shape index (κ2) is 5.35. The molecule has 18 heavy (non-hydrogen) atoms. The van der Waals surface area contributed by atoms with Gasteiger partial charge in [0.15, 0.2) is 0 Å². The molecule has 0 aliphatic heterocycles. The van der Waals surface area contributed by atoms with E-state index in [1.807, 2.05) is 13.8 Å². The van der Waals surface area contributed by atoms with Crippen molar-refractivity contribution in [2.45, 2.75) is 19.9 Å². The summed E-state index contributed by atoms with van der Waals surface area (Å²) in [7, 11) is 0. The topological polar surface area (TPSA) is 137 Å². The first kappa shape index (κ1) is 13.8. The van der Waals surface area contributed by atoms with Gasteiger partial charge in [-0.25, -0.2) is 4.98 Å². The molecule has 0 spiro atoms. The Kier molecular flexibility index (Phi) is 4.09. The van der Waals surface area contributed by atoms with Gasteiger partial charge < -0.3 is 22.5 Å². The summed E-state index contributed by atoms with van der Waals surface area (Å²) in [6.45, 7) is 3.68. The SMILES string of the molecule is CC(C)C(Nc1cc(C(N)=O)c(N)cn1)C(N)=O. The smallest absolute Gasteiger partial charge is 0.250 e. The van der Waals surface area contributed by atoms with Crippen molar-refractivity contribution in [1.82, 2.24) is 4.98 Å². The summed E-state index contributed by atoms with van der Waals surface area (Å²) < 4.78 is 0. The summed E-state index contributed by atoms with van der Waals surface area (Å²) in [6, 6.07) is 0.817. The molecule has 0 fully saturated rings. The number of primary amides is 2. The van der Waals surface area contributed by atoms with Crippen LogP contribution < -0.4 is 22.5 Å². The van der Waals surface area contributed by atoms with Crippen LogP contribution in [0, 0.1) is 5.92 Å². The number of anilines is 2. The number of nitrogens with two attached hydrogens (primary N) is 3. The van der Waals surface area contributed by atoms with E-state index in [4.69, 9.17) is 17.2 Å². The van der Waals surface area contributed by atoms with Gasteiger partial charge in [-0.15, -0.1) is 0 Å². The fraction of sp³-hybridized carbons (Fsp3) is 0.364. The van der Waals surface area contributed by atoms with E-state index >= 15 is 0 Å². The molecule has 98 valence electrons. The number of amides is 2. The number of nitrogens with one attached hydrogen (secondary N) is 1. The summed E-state index contributed by atoms with van der Waals surface area (Å²) in [4.78, 5) is 26.3. The highest BCUT2D eigenvalue weighted by molar-refractivity contribution is 5.98. The van der Waals surface area contributed by atoms with Crippen molar-refractivity contribution in [3.8, 4) is 0 Å². The van der Waals surface area contributed by atoms with Gasteiger partial charge in [-0.1, -0.05) is 13.8 Å². The fourth-order valence-electron chi connectivity index (χ4n) is 1.48. The van der Waals surface area contributed by atoms with Crippen molar-refractivity contribution in [2.75, 3.05) is 11.1 Å². The highest BCUT2D eigenvalue weighted by Gasteiger charge is 2.20. The molecule has 1 aromatic heterocycles. The number of carbonyl (C=O) groups is 2. The molecule has 1 atom stereocenters. The van der Waals surface area contributed by atoms with E-state index in [-0.39, 0.29) is 17.2 Å². The molecule has 2 amide bonds. The second-order valence-electron chi connectivity index (χ2n) is 4.29. The maximum absolute atomic E-state index is 11.2. The zero-order valence-corrected chi connectivity index (χ0v) is 10.3. The van der Waals surface area contributed by atoms with Crippen LogP contribution in [0.3, 0.4) is 0 Å². The lowest BCUT2D eigenvalue weighted by Gasteiger charge is -2.19. The Bertz CT molecular complexity index is 473. The third kappa shape index (κ3) is 3.09. The van der Waals surface area contributed by atoms with Gasteiger partial charge in [0.05, 0.1) is 17.4 Å². The van der Waals surface area contributed by atoms with E-state index in [0.29, 0.717) is 5.82 Å². The minimum atomic E-state index is -0.655. The van der Waals surface area contributed by atoms with E-state index in [9.17, 15) is 9.59 Å². The Hall–Kier alpha value is -2.31. The Labute approximate surface area is 105 Å². The van der Waals surface area contributed by atoms with Gasteiger partial charge in [0.2, 0.25) is 5.91 Å². The number of nitrogens with zero attached hydrogens (tertiary/aromatic N) is 1. The summed E-state index contributed by atoms with van der Waals surface area (Å²) in [5, 5.41) is 2.85. The maximum atomic E-state index is 11.2. The molecular weight excluding hydrogens is 234 g/mol. The maximum Gasteiger partial charge on any atom is 0.250 e. The van der Waals surface area contributed by atoms with Crippen molar-refractivity contribution in [1.29, 1.82) is 0 Å². The first-order valence-corrected chi connectivity index (χ1v) is 5.44. The molecule has 0 saturated carbocycles. The van der Waals surface area contributed by atoms with Gasteiger partial charge in [-0.2, -0.15) is 0 Å². The summed E-state index contributed by atoms with van der Waals surface area (Å²) in [5.74, 6) is -0.836. The number of nitrogen functional groups attached to an aromatic ring is 1. The Morgan fingerprint density at radius 2 is 1.94 bits per heavy atom. The molecule has 7 N–H and O–H groups in total. The molecular formula is C11H17N5O2. The Balaban J connectivity index is 3.01. The highest BCUT2D eigenvalue weighted by atomic mass is 16.1. The first-order chi connectivity index (χ1) is 8.32. The van der Waals surface area contributed by atoms with Crippen LogP contribution in [-0.4, -0.2) is 22.8 Å². The van der Waals surface area contributed by atoms with Gasteiger partial charge >= 0.3 is 0 Å². The average molecular weight is 251 g/mol. The van der Waals surface area contributed by atoms with Crippen molar-refractivity contribution in [3.05, 3.63) is 17.8 Å². The van der Waals surface area contributed by atoms with Crippen LogP contribution >= 0.6 is 0 Å². The van der Waals surface area contributed by atoms with Crippen LogP contribution in [0.25, 0.3) is 0 Å². The van der Waals surface area contributed by atoms with Crippen molar-refractivity contribution >= 4 is 23.3 Å². The van der Waals surface area contributed by atoms with Gasteiger partial charge in [0, 0.05) is 0 Å². The monoisotopic (exact) mass is 251 g/mol. The molecule has 0 saturated heterocycles. The Morgan fingerprint density at radius 3 is 2.39 bits per heavy atom. The molecule has 0 bridgehead atoms. The number of carbonyl (C=O) groups excluding carboxylic acids is 2. The van der Waals surface area contributed by atoms with Crippen LogP contribution in [-0.2, 0) is 4.79 Å². The van der Waals surface area contributed by atoms with Gasteiger partial charge in [-0.05, 0) is 12.0 Å². The van der Waals surface area contributed by atoms with Crippen molar-refractivity contribution in [3.63, 3.8) is 0 Å². The summed E-state index contributed by atoms with van der Waals surface area (Å²) >= 11 is 0. The molecule has 0 aliphatic rings. The highest BCUT2D eigenvalue weighted by Crippen LogP contribution is 2.16. The summed E-state index contributed by atoms with van der Waals surface area (Å²) in [5.41, 5.74) is 16.3. The van der Waals surface area contributed by atoms with Gasteiger partial charge in [-0.3, -0.25) is 9.59 Å². The number of aromatic nitrogens is 1. The van der Waals surface area contributed by atoms with E-state index in [1.165, 1.54) is 12.3 Å². The molecule has 1 heterocycles.